The van der Waals surface area contributed by atoms with Gasteiger partial charge in [0.25, 0.3) is 0 Å². The Morgan fingerprint density at radius 1 is 1.04 bits per heavy atom. The normalized spacial score (nSPS) is 11.2. The molecule has 0 radical (unpaired) electrons. The number of sulfonamides is 1. The van der Waals surface area contributed by atoms with Gasteiger partial charge in [-0.2, -0.15) is 0 Å². The van der Waals surface area contributed by atoms with E-state index >= 15 is 0 Å². The molecule has 0 aromatic heterocycles. The first-order valence-electron chi connectivity index (χ1n) is 8.73. The molecule has 0 fully saturated rings. The van der Waals surface area contributed by atoms with Crippen LogP contribution in [0.3, 0.4) is 0 Å². The molecule has 0 atom stereocenters. The second-order valence-corrected chi connectivity index (χ2v) is 8.29. The van der Waals surface area contributed by atoms with E-state index in [0.717, 1.165) is 26.9 Å². The molecule has 6 nitrogen and oxygen atoms in total. The van der Waals surface area contributed by atoms with Gasteiger partial charge in [-0.15, -0.1) is 0 Å². The molecule has 0 unspecified atom stereocenters. The molecule has 0 spiro atoms. The highest BCUT2D eigenvalue weighted by molar-refractivity contribution is 7.92. The number of anilines is 1. The minimum atomic E-state index is -3.64. The molecular formula is C21H22N2O4S. The molecule has 3 rings (SSSR count). The quantitative estimate of drug-likeness (QED) is 0.664. The lowest BCUT2D eigenvalue weighted by Crippen LogP contribution is -2.40. The fraction of sp³-hybridized carbons (Fsp3) is 0.190. The summed E-state index contributed by atoms with van der Waals surface area (Å²) in [5.74, 6) is 0.128. The van der Waals surface area contributed by atoms with E-state index in [1.54, 1.807) is 24.3 Å². The van der Waals surface area contributed by atoms with Gasteiger partial charge in [-0.05, 0) is 28.5 Å². The van der Waals surface area contributed by atoms with Crippen LogP contribution in [0.4, 0.5) is 5.69 Å². The zero-order valence-corrected chi connectivity index (χ0v) is 16.6. The van der Waals surface area contributed by atoms with Gasteiger partial charge in [-0.1, -0.05) is 48.5 Å². The van der Waals surface area contributed by atoms with Gasteiger partial charge in [0.05, 0.1) is 19.1 Å². The van der Waals surface area contributed by atoms with Gasteiger partial charge < -0.3 is 10.1 Å². The summed E-state index contributed by atoms with van der Waals surface area (Å²) >= 11 is 0. The molecule has 1 N–H and O–H groups in total. The van der Waals surface area contributed by atoms with Gasteiger partial charge in [-0.25, -0.2) is 8.42 Å². The summed E-state index contributed by atoms with van der Waals surface area (Å²) in [6.45, 7) is 0.00661. The lowest BCUT2D eigenvalue weighted by molar-refractivity contribution is -0.119. The standard InChI is InChI=1S/C21H22N2O4S/c1-27-19-11-6-10-18(13-19)23(28(2,25)26)15-21(24)22-14-17-9-5-8-16-7-3-4-12-20(16)17/h3-13H,14-15H2,1-2H3,(H,22,24). The number of fused-ring (bicyclic) bond motifs is 1. The Balaban J connectivity index is 1.75. The van der Waals surface area contributed by atoms with Crippen LogP contribution in [0.15, 0.2) is 66.7 Å². The number of carbonyl (C=O) groups is 1. The van der Waals surface area contributed by atoms with Crippen molar-refractivity contribution in [3.63, 3.8) is 0 Å². The van der Waals surface area contributed by atoms with Crippen molar-refractivity contribution in [3.05, 3.63) is 72.3 Å². The molecule has 7 heteroatoms. The van der Waals surface area contributed by atoms with Gasteiger partial charge in [0.2, 0.25) is 15.9 Å². The number of nitrogens with one attached hydrogen (secondary N) is 1. The Morgan fingerprint density at radius 2 is 1.75 bits per heavy atom. The zero-order valence-electron chi connectivity index (χ0n) is 15.8. The van der Waals surface area contributed by atoms with Crippen molar-refractivity contribution in [1.29, 1.82) is 0 Å². The van der Waals surface area contributed by atoms with Crippen molar-refractivity contribution in [3.8, 4) is 5.75 Å². The van der Waals surface area contributed by atoms with E-state index in [4.69, 9.17) is 4.74 Å². The number of carbonyl (C=O) groups excluding carboxylic acids is 1. The number of methoxy groups -OCH3 is 1. The monoisotopic (exact) mass is 398 g/mol. The first-order valence-corrected chi connectivity index (χ1v) is 10.6. The Hall–Kier alpha value is -3.06. The van der Waals surface area contributed by atoms with Crippen LogP contribution in [0, 0.1) is 0 Å². The number of hydrogen-bond acceptors (Lipinski definition) is 4. The number of benzene rings is 3. The van der Waals surface area contributed by atoms with E-state index in [-0.39, 0.29) is 12.5 Å². The van der Waals surface area contributed by atoms with Crippen LogP contribution in [0.1, 0.15) is 5.56 Å². The molecular weight excluding hydrogens is 376 g/mol. The summed E-state index contributed by atoms with van der Waals surface area (Å²) in [5.41, 5.74) is 1.35. The molecule has 0 saturated heterocycles. The molecule has 3 aromatic rings. The molecule has 3 aromatic carbocycles. The largest absolute Gasteiger partial charge is 0.497 e. The van der Waals surface area contributed by atoms with Crippen molar-refractivity contribution < 1.29 is 17.9 Å². The maximum atomic E-state index is 12.5. The van der Waals surface area contributed by atoms with E-state index in [1.165, 1.54) is 7.11 Å². The molecule has 1 amide bonds. The Labute approximate surface area is 164 Å². The number of rotatable bonds is 7. The first kappa shape index (κ1) is 19.7. The van der Waals surface area contributed by atoms with Crippen LogP contribution in [0.25, 0.3) is 10.8 Å². The highest BCUT2D eigenvalue weighted by Crippen LogP contribution is 2.23. The molecule has 0 saturated carbocycles. The summed E-state index contributed by atoms with van der Waals surface area (Å²) in [6.07, 6.45) is 1.07. The number of amides is 1. The van der Waals surface area contributed by atoms with Gasteiger partial charge in [0.15, 0.2) is 0 Å². The number of ether oxygens (including phenoxy) is 1. The second kappa shape index (κ2) is 8.31. The van der Waals surface area contributed by atoms with E-state index < -0.39 is 10.0 Å². The Morgan fingerprint density at radius 3 is 2.50 bits per heavy atom. The van der Waals surface area contributed by atoms with Crippen LogP contribution in [0.5, 0.6) is 5.75 Å². The highest BCUT2D eigenvalue weighted by Gasteiger charge is 2.21. The highest BCUT2D eigenvalue weighted by atomic mass is 32.2. The lowest BCUT2D eigenvalue weighted by Gasteiger charge is -2.22. The minimum Gasteiger partial charge on any atom is -0.497 e. The van der Waals surface area contributed by atoms with Crippen LogP contribution in [0.2, 0.25) is 0 Å². The van der Waals surface area contributed by atoms with Crippen molar-refractivity contribution in [2.45, 2.75) is 6.54 Å². The lowest BCUT2D eigenvalue weighted by atomic mass is 10.0. The second-order valence-electron chi connectivity index (χ2n) is 6.39. The average Bonchev–Trinajstić information content (AvgIpc) is 2.69. The topological polar surface area (TPSA) is 75.7 Å². The Bertz CT molecular complexity index is 1090. The van der Waals surface area contributed by atoms with Gasteiger partial charge in [0.1, 0.15) is 12.3 Å². The number of nitrogens with zero attached hydrogens (tertiary/aromatic N) is 1. The number of hydrogen-bond donors (Lipinski definition) is 1. The molecule has 0 aliphatic heterocycles. The maximum Gasteiger partial charge on any atom is 0.241 e. The van der Waals surface area contributed by atoms with Crippen LogP contribution < -0.4 is 14.4 Å². The SMILES string of the molecule is COc1cccc(N(CC(=O)NCc2cccc3ccccc23)S(C)(=O)=O)c1. The van der Waals surface area contributed by atoms with E-state index in [2.05, 4.69) is 5.32 Å². The third-order valence-corrected chi connectivity index (χ3v) is 5.53. The third-order valence-electron chi connectivity index (χ3n) is 4.38. The van der Waals surface area contributed by atoms with Crippen LogP contribution >= 0.6 is 0 Å². The summed E-state index contributed by atoms with van der Waals surface area (Å²) in [4.78, 5) is 12.5. The molecule has 146 valence electrons. The fourth-order valence-corrected chi connectivity index (χ4v) is 3.84. The smallest absolute Gasteiger partial charge is 0.241 e. The van der Waals surface area contributed by atoms with Gasteiger partial charge >= 0.3 is 0 Å². The summed E-state index contributed by atoms with van der Waals surface area (Å²) in [6, 6.07) is 20.4. The summed E-state index contributed by atoms with van der Waals surface area (Å²) in [7, 11) is -2.14. The van der Waals surface area contributed by atoms with Crippen LogP contribution in [-0.2, 0) is 21.4 Å². The first-order chi connectivity index (χ1) is 13.4. The summed E-state index contributed by atoms with van der Waals surface area (Å²) < 4.78 is 30.7. The zero-order chi connectivity index (χ0) is 20.1. The molecule has 0 bridgehead atoms. The van der Waals surface area contributed by atoms with Crippen molar-refractivity contribution in [2.24, 2.45) is 0 Å². The Kier molecular flexibility index (Phi) is 5.84. The third kappa shape index (κ3) is 4.61. The van der Waals surface area contributed by atoms with Crippen molar-refractivity contribution in [2.75, 3.05) is 24.2 Å². The molecule has 0 aliphatic carbocycles. The van der Waals surface area contributed by atoms with E-state index in [0.29, 0.717) is 18.0 Å². The van der Waals surface area contributed by atoms with Crippen LogP contribution in [-0.4, -0.2) is 34.2 Å². The fourth-order valence-electron chi connectivity index (χ4n) is 2.99. The van der Waals surface area contributed by atoms with Crippen molar-refractivity contribution in [1.82, 2.24) is 5.32 Å². The predicted octanol–water partition coefficient (Wildman–Crippen LogP) is 2.93. The van der Waals surface area contributed by atoms with Gasteiger partial charge in [0, 0.05) is 12.6 Å². The van der Waals surface area contributed by atoms with Gasteiger partial charge in [-0.3, -0.25) is 9.10 Å². The van der Waals surface area contributed by atoms with E-state index in [9.17, 15) is 13.2 Å². The molecule has 0 aliphatic rings. The maximum absolute atomic E-state index is 12.5. The summed E-state index contributed by atoms with van der Waals surface area (Å²) in [5, 5.41) is 4.96. The molecule has 28 heavy (non-hydrogen) atoms. The average molecular weight is 398 g/mol. The van der Waals surface area contributed by atoms with E-state index in [1.807, 2.05) is 42.5 Å². The predicted molar refractivity (Wildman–Crippen MR) is 111 cm³/mol. The van der Waals surface area contributed by atoms with Crippen molar-refractivity contribution >= 4 is 32.4 Å². The minimum absolute atomic E-state index is 0.309. The molecule has 0 heterocycles.